The lowest BCUT2D eigenvalue weighted by Gasteiger charge is -2.26. The van der Waals surface area contributed by atoms with Crippen LogP contribution in [0.3, 0.4) is 0 Å². The first-order chi connectivity index (χ1) is 10.1. The van der Waals surface area contributed by atoms with Crippen LogP contribution in [0.15, 0.2) is 18.2 Å². The zero-order valence-electron chi connectivity index (χ0n) is 13.3. The van der Waals surface area contributed by atoms with Crippen LogP contribution in [0, 0.1) is 0 Å². The first-order valence-electron chi connectivity index (χ1n) is 7.98. The Bertz CT molecular complexity index is 481. The van der Waals surface area contributed by atoms with Gasteiger partial charge in [-0.2, -0.15) is 0 Å². The zero-order chi connectivity index (χ0) is 15.2. The molecule has 1 aromatic rings. The largest absolute Gasteiger partial charge is 0.397 e. The fourth-order valence-electron chi connectivity index (χ4n) is 2.92. The molecule has 1 aliphatic rings. The first-order valence-corrected chi connectivity index (χ1v) is 7.98. The van der Waals surface area contributed by atoms with Crippen molar-refractivity contribution in [2.75, 3.05) is 43.9 Å². The Morgan fingerprint density at radius 2 is 2.00 bits per heavy atom. The summed E-state index contributed by atoms with van der Waals surface area (Å²) >= 11 is 0. The van der Waals surface area contributed by atoms with Crippen molar-refractivity contribution in [2.24, 2.45) is 0 Å². The second kappa shape index (κ2) is 7.46. The molecule has 1 aliphatic heterocycles. The predicted octanol–water partition coefficient (Wildman–Crippen LogP) is 2.78. The molecule has 0 unspecified atom stereocenters. The van der Waals surface area contributed by atoms with Gasteiger partial charge in [-0.15, -0.1) is 0 Å². The smallest absolute Gasteiger partial charge is 0.176 e. The molecule has 1 saturated heterocycles. The number of carbonyl (C=O) groups excluding carboxylic acids is 1. The maximum absolute atomic E-state index is 12.5. The number of nitrogen functional groups attached to an aromatic ring is 1. The fourth-order valence-corrected chi connectivity index (χ4v) is 2.92. The number of nitrogens with zero attached hydrogens (tertiary/aromatic N) is 2. The van der Waals surface area contributed by atoms with E-state index in [1.807, 2.05) is 25.2 Å². The third-order valence-corrected chi connectivity index (χ3v) is 4.14. The Hall–Kier alpha value is -1.55. The van der Waals surface area contributed by atoms with Crippen LogP contribution in [0.25, 0.3) is 0 Å². The third-order valence-electron chi connectivity index (χ3n) is 4.14. The number of Topliss-reactive ketones (excluding diaryl/α,β-unsaturated/α-hetero) is 1. The number of hydrogen-bond donors (Lipinski definition) is 1. The number of hydrogen-bond acceptors (Lipinski definition) is 4. The molecular formula is C17H27N3O. The summed E-state index contributed by atoms with van der Waals surface area (Å²) in [6.45, 7) is 5.69. The number of piperidine rings is 1. The molecule has 2 rings (SSSR count). The van der Waals surface area contributed by atoms with Gasteiger partial charge in [-0.05, 0) is 50.6 Å². The van der Waals surface area contributed by atoms with Crippen LogP contribution in [0.2, 0.25) is 0 Å². The Balaban J connectivity index is 2.08. The Labute approximate surface area is 127 Å². The topological polar surface area (TPSA) is 49.6 Å². The number of carbonyl (C=O) groups is 1. The highest BCUT2D eigenvalue weighted by Crippen LogP contribution is 2.24. The summed E-state index contributed by atoms with van der Waals surface area (Å²) in [6.07, 6.45) is 4.76. The molecule has 0 aliphatic carbocycles. The van der Waals surface area contributed by atoms with Gasteiger partial charge in [0, 0.05) is 19.2 Å². The summed E-state index contributed by atoms with van der Waals surface area (Å²) in [5.41, 5.74) is 8.51. The van der Waals surface area contributed by atoms with E-state index in [9.17, 15) is 4.79 Å². The molecule has 0 atom stereocenters. The number of benzene rings is 1. The third kappa shape index (κ3) is 4.21. The SMILES string of the molecule is CCCN(C)c1cc(C(=O)CN2CCCCC2)ccc1N. The van der Waals surface area contributed by atoms with E-state index in [1.165, 1.54) is 19.3 Å². The van der Waals surface area contributed by atoms with Gasteiger partial charge in [0.25, 0.3) is 0 Å². The van der Waals surface area contributed by atoms with Gasteiger partial charge >= 0.3 is 0 Å². The quantitative estimate of drug-likeness (QED) is 0.646. The van der Waals surface area contributed by atoms with E-state index in [2.05, 4.69) is 16.7 Å². The second-order valence-electron chi connectivity index (χ2n) is 5.96. The average Bonchev–Trinajstić information content (AvgIpc) is 2.48. The Kier molecular flexibility index (Phi) is 5.62. The van der Waals surface area contributed by atoms with Crippen molar-refractivity contribution in [2.45, 2.75) is 32.6 Å². The highest BCUT2D eigenvalue weighted by atomic mass is 16.1. The molecule has 1 heterocycles. The molecular weight excluding hydrogens is 262 g/mol. The normalized spacial score (nSPS) is 15.9. The Morgan fingerprint density at radius 1 is 1.29 bits per heavy atom. The molecule has 0 saturated carbocycles. The van der Waals surface area contributed by atoms with Gasteiger partial charge < -0.3 is 10.6 Å². The average molecular weight is 289 g/mol. The van der Waals surface area contributed by atoms with E-state index in [0.29, 0.717) is 6.54 Å². The van der Waals surface area contributed by atoms with Crippen LogP contribution in [-0.4, -0.2) is 43.9 Å². The lowest BCUT2D eigenvalue weighted by Crippen LogP contribution is -2.34. The van der Waals surface area contributed by atoms with E-state index in [4.69, 9.17) is 5.73 Å². The van der Waals surface area contributed by atoms with Gasteiger partial charge in [-0.1, -0.05) is 13.3 Å². The molecule has 0 aromatic heterocycles. The van der Waals surface area contributed by atoms with Gasteiger partial charge in [0.15, 0.2) is 5.78 Å². The van der Waals surface area contributed by atoms with Crippen LogP contribution in [0.5, 0.6) is 0 Å². The van der Waals surface area contributed by atoms with Gasteiger partial charge in [0.1, 0.15) is 0 Å². The summed E-state index contributed by atoms with van der Waals surface area (Å²) in [5, 5.41) is 0. The van der Waals surface area contributed by atoms with Crippen LogP contribution in [0.4, 0.5) is 11.4 Å². The summed E-state index contributed by atoms with van der Waals surface area (Å²) in [4.78, 5) is 16.8. The minimum Gasteiger partial charge on any atom is -0.397 e. The second-order valence-corrected chi connectivity index (χ2v) is 5.96. The highest BCUT2D eigenvalue weighted by molar-refractivity contribution is 5.99. The molecule has 0 spiro atoms. The molecule has 4 heteroatoms. The maximum Gasteiger partial charge on any atom is 0.176 e. The monoisotopic (exact) mass is 289 g/mol. The lowest BCUT2D eigenvalue weighted by atomic mass is 10.1. The minimum absolute atomic E-state index is 0.197. The van der Waals surface area contributed by atoms with Gasteiger partial charge in [0.05, 0.1) is 17.9 Å². The van der Waals surface area contributed by atoms with Crippen molar-refractivity contribution in [3.8, 4) is 0 Å². The summed E-state index contributed by atoms with van der Waals surface area (Å²) < 4.78 is 0. The van der Waals surface area contributed by atoms with Crippen molar-refractivity contribution in [3.63, 3.8) is 0 Å². The number of rotatable bonds is 6. The van der Waals surface area contributed by atoms with Crippen LogP contribution < -0.4 is 10.6 Å². The van der Waals surface area contributed by atoms with Crippen molar-refractivity contribution in [1.29, 1.82) is 0 Å². The van der Waals surface area contributed by atoms with Crippen molar-refractivity contribution in [1.82, 2.24) is 4.90 Å². The van der Waals surface area contributed by atoms with E-state index >= 15 is 0 Å². The van der Waals surface area contributed by atoms with Gasteiger partial charge in [-0.3, -0.25) is 9.69 Å². The van der Waals surface area contributed by atoms with Crippen LogP contribution in [0.1, 0.15) is 43.0 Å². The van der Waals surface area contributed by atoms with E-state index in [0.717, 1.165) is 43.0 Å². The molecule has 1 fully saturated rings. The number of ketones is 1. The van der Waals surface area contributed by atoms with Crippen molar-refractivity contribution < 1.29 is 4.79 Å². The van der Waals surface area contributed by atoms with E-state index in [1.54, 1.807) is 0 Å². The summed E-state index contributed by atoms with van der Waals surface area (Å²) in [5.74, 6) is 0.197. The van der Waals surface area contributed by atoms with Crippen LogP contribution >= 0.6 is 0 Å². The van der Waals surface area contributed by atoms with Crippen LogP contribution in [-0.2, 0) is 0 Å². The molecule has 0 amide bonds. The molecule has 116 valence electrons. The molecule has 4 nitrogen and oxygen atoms in total. The predicted molar refractivity (Wildman–Crippen MR) is 89.0 cm³/mol. The highest BCUT2D eigenvalue weighted by Gasteiger charge is 2.16. The number of nitrogens with two attached hydrogens (primary N) is 1. The molecule has 21 heavy (non-hydrogen) atoms. The molecule has 1 aromatic carbocycles. The molecule has 0 radical (unpaired) electrons. The minimum atomic E-state index is 0.197. The van der Waals surface area contributed by atoms with Crippen molar-refractivity contribution in [3.05, 3.63) is 23.8 Å². The molecule has 2 N–H and O–H groups in total. The maximum atomic E-state index is 12.5. The first kappa shape index (κ1) is 15.8. The summed E-state index contributed by atoms with van der Waals surface area (Å²) in [6, 6.07) is 5.65. The van der Waals surface area contributed by atoms with E-state index in [-0.39, 0.29) is 5.78 Å². The van der Waals surface area contributed by atoms with Gasteiger partial charge in [-0.25, -0.2) is 0 Å². The lowest BCUT2D eigenvalue weighted by molar-refractivity contribution is 0.0916. The zero-order valence-corrected chi connectivity index (χ0v) is 13.3. The standard InChI is InChI=1S/C17H27N3O/c1-3-9-19(2)16-12-14(7-8-15(16)18)17(21)13-20-10-5-4-6-11-20/h7-8,12H,3-6,9-11,13,18H2,1-2H3. The van der Waals surface area contributed by atoms with Crippen molar-refractivity contribution >= 4 is 17.2 Å². The number of anilines is 2. The Morgan fingerprint density at radius 3 is 2.67 bits per heavy atom. The number of likely N-dealkylation sites (tertiary alicyclic amines) is 1. The van der Waals surface area contributed by atoms with E-state index < -0.39 is 0 Å². The fraction of sp³-hybridized carbons (Fsp3) is 0.588. The molecule has 0 bridgehead atoms. The van der Waals surface area contributed by atoms with Gasteiger partial charge in [0.2, 0.25) is 0 Å². The summed E-state index contributed by atoms with van der Waals surface area (Å²) in [7, 11) is 2.02.